The van der Waals surface area contributed by atoms with E-state index in [9.17, 15) is 0 Å². The van der Waals surface area contributed by atoms with E-state index < -0.39 is 0 Å². The molecule has 8 rings (SSSR count). The molecule has 0 aromatic heterocycles. The third-order valence-corrected chi connectivity index (χ3v) is 6.32. The Labute approximate surface area is 206 Å². The minimum absolute atomic E-state index is 0.678. The maximum absolute atomic E-state index is 6.19. The van der Waals surface area contributed by atoms with E-state index in [1.54, 1.807) is 21.3 Å². The first-order chi connectivity index (χ1) is 17.2. The van der Waals surface area contributed by atoms with E-state index in [-0.39, 0.29) is 0 Å². The van der Waals surface area contributed by atoms with Gasteiger partial charge in [0, 0.05) is 11.1 Å². The van der Waals surface area contributed by atoms with Gasteiger partial charge in [-0.1, -0.05) is 48.6 Å². The number of hydrogen-bond donors (Lipinski definition) is 0. The number of aryl methyl sites for hydroxylation is 2. The highest BCUT2D eigenvalue weighted by molar-refractivity contribution is 5.81. The Morgan fingerprint density at radius 3 is 2.09 bits per heavy atom. The highest BCUT2D eigenvalue weighted by Crippen LogP contribution is 2.40. The standard InChI is InChI=1S/C31H28O4/c1-32-27-18-13-23-8-7-22-12-17-26(29(19-22)34-3)31-24(5-4-6-28(31)33-2)14-9-21-10-15-25(16-11-21)35-30(27)20-23/h4-8,10-13,15-20H,9,14H2,1-3H3/b8-7+. The predicted octanol–water partition coefficient (Wildman–Crippen LogP) is 7.44. The molecular formula is C31H28O4. The normalized spacial score (nSPS) is 13.2. The largest absolute Gasteiger partial charge is 0.496 e. The van der Waals surface area contributed by atoms with Gasteiger partial charge in [0.1, 0.15) is 17.2 Å². The Kier molecular flexibility index (Phi) is 6.44. The van der Waals surface area contributed by atoms with Crippen LogP contribution in [-0.4, -0.2) is 21.3 Å². The third-order valence-electron chi connectivity index (χ3n) is 6.32. The summed E-state index contributed by atoms with van der Waals surface area (Å²) in [4.78, 5) is 0. The molecule has 4 heterocycles. The maximum Gasteiger partial charge on any atom is 0.169 e. The number of methoxy groups -OCH3 is 3. The molecule has 4 aliphatic heterocycles. The minimum atomic E-state index is 0.678. The van der Waals surface area contributed by atoms with Crippen LogP contribution in [0, 0.1) is 0 Å². The lowest BCUT2D eigenvalue weighted by Crippen LogP contribution is -1.99. The van der Waals surface area contributed by atoms with E-state index in [0.717, 1.165) is 52.3 Å². The first-order valence-electron chi connectivity index (χ1n) is 11.7. The molecule has 6 bridgehead atoms. The highest BCUT2D eigenvalue weighted by Gasteiger charge is 2.16. The number of ether oxygens (including phenoxy) is 4. The zero-order chi connectivity index (χ0) is 24.2. The van der Waals surface area contributed by atoms with E-state index >= 15 is 0 Å². The van der Waals surface area contributed by atoms with Gasteiger partial charge in [0.05, 0.1) is 21.3 Å². The summed E-state index contributed by atoms with van der Waals surface area (Å²) >= 11 is 0. The van der Waals surface area contributed by atoms with E-state index in [1.165, 1.54) is 11.1 Å². The molecule has 0 atom stereocenters. The number of rotatable bonds is 3. The van der Waals surface area contributed by atoms with Crippen molar-refractivity contribution in [2.45, 2.75) is 12.8 Å². The molecule has 0 fully saturated rings. The molecule has 0 aliphatic carbocycles. The second kappa shape index (κ2) is 9.98. The van der Waals surface area contributed by atoms with Gasteiger partial charge < -0.3 is 18.9 Å². The Morgan fingerprint density at radius 1 is 0.629 bits per heavy atom. The van der Waals surface area contributed by atoms with Crippen molar-refractivity contribution in [1.29, 1.82) is 0 Å². The number of hydrogen-bond acceptors (Lipinski definition) is 4. The summed E-state index contributed by atoms with van der Waals surface area (Å²) in [6.45, 7) is 0. The first kappa shape index (κ1) is 22.6. The average molecular weight is 465 g/mol. The summed E-state index contributed by atoms with van der Waals surface area (Å²) in [5.41, 5.74) is 6.59. The fourth-order valence-electron chi connectivity index (χ4n) is 4.48. The topological polar surface area (TPSA) is 36.9 Å². The van der Waals surface area contributed by atoms with Crippen molar-refractivity contribution in [2.75, 3.05) is 21.3 Å². The van der Waals surface area contributed by atoms with Crippen molar-refractivity contribution in [3.8, 4) is 39.9 Å². The van der Waals surface area contributed by atoms with Crippen LogP contribution in [0.1, 0.15) is 22.3 Å². The summed E-state index contributed by atoms with van der Waals surface area (Å²) in [6, 6.07) is 26.7. The van der Waals surface area contributed by atoms with Crippen LogP contribution < -0.4 is 18.9 Å². The van der Waals surface area contributed by atoms with Gasteiger partial charge in [0.2, 0.25) is 0 Å². The molecule has 35 heavy (non-hydrogen) atoms. The molecule has 176 valence electrons. The molecule has 0 saturated carbocycles. The summed E-state index contributed by atoms with van der Waals surface area (Å²) in [5.74, 6) is 3.79. The van der Waals surface area contributed by atoms with Crippen LogP contribution in [0.15, 0.2) is 78.9 Å². The van der Waals surface area contributed by atoms with E-state index in [1.807, 2.05) is 42.5 Å². The molecule has 0 N–H and O–H groups in total. The van der Waals surface area contributed by atoms with Crippen molar-refractivity contribution in [3.63, 3.8) is 0 Å². The summed E-state index contributed by atoms with van der Waals surface area (Å²) in [5, 5.41) is 0. The molecule has 0 unspecified atom stereocenters. The zero-order valence-corrected chi connectivity index (χ0v) is 20.2. The summed E-state index contributed by atoms with van der Waals surface area (Å²) in [7, 11) is 5.08. The smallest absolute Gasteiger partial charge is 0.169 e. The molecule has 4 nitrogen and oxygen atoms in total. The van der Waals surface area contributed by atoms with E-state index in [4.69, 9.17) is 18.9 Å². The number of benzene rings is 4. The third kappa shape index (κ3) is 4.73. The SMILES string of the molecule is COc1ccc2cc1Oc1ccc(cc1)CCc1cccc(OC)c1-c1ccc(cc1OC)/C=C/2. The van der Waals surface area contributed by atoms with Crippen molar-refractivity contribution in [1.82, 2.24) is 0 Å². The average Bonchev–Trinajstić information content (AvgIpc) is 2.91. The Hall–Kier alpha value is -4.18. The predicted molar refractivity (Wildman–Crippen MR) is 141 cm³/mol. The van der Waals surface area contributed by atoms with Crippen molar-refractivity contribution >= 4 is 12.2 Å². The molecule has 4 aliphatic rings. The maximum atomic E-state index is 6.19. The Morgan fingerprint density at radius 2 is 1.34 bits per heavy atom. The summed E-state index contributed by atoms with van der Waals surface area (Å²) < 4.78 is 23.3. The fourth-order valence-corrected chi connectivity index (χ4v) is 4.48. The highest BCUT2D eigenvalue weighted by atomic mass is 16.5. The summed E-state index contributed by atoms with van der Waals surface area (Å²) in [6.07, 6.45) is 5.89. The molecule has 4 aromatic carbocycles. The van der Waals surface area contributed by atoms with Gasteiger partial charge in [-0.05, 0) is 77.6 Å². The molecule has 4 aromatic rings. The second-order valence-corrected chi connectivity index (χ2v) is 8.44. The molecule has 4 heteroatoms. The first-order valence-corrected chi connectivity index (χ1v) is 11.7. The quantitative estimate of drug-likeness (QED) is 0.316. The van der Waals surface area contributed by atoms with Gasteiger partial charge in [-0.3, -0.25) is 0 Å². The van der Waals surface area contributed by atoms with Crippen LogP contribution in [0.4, 0.5) is 0 Å². The lowest BCUT2D eigenvalue weighted by Gasteiger charge is -2.18. The van der Waals surface area contributed by atoms with Gasteiger partial charge in [0.15, 0.2) is 11.5 Å². The minimum Gasteiger partial charge on any atom is -0.496 e. The lowest BCUT2D eigenvalue weighted by molar-refractivity contribution is 0.379. The molecule has 0 saturated heterocycles. The van der Waals surface area contributed by atoms with Gasteiger partial charge in [-0.25, -0.2) is 0 Å². The molecular weight excluding hydrogens is 436 g/mol. The van der Waals surface area contributed by atoms with Gasteiger partial charge in [-0.2, -0.15) is 0 Å². The monoisotopic (exact) mass is 464 g/mol. The molecule has 0 amide bonds. The second-order valence-electron chi connectivity index (χ2n) is 8.44. The molecule has 0 spiro atoms. The van der Waals surface area contributed by atoms with Crippen LogP contribution in [0.5, 0.6) is 28.7 Å². The fraction of sp³-hybridized carbons (Fsp3) is 0.161. The van der Waals surface area contributed by atoms with Crippen molar-refractivity contribution < 1.29 is 18.9 Å². The van der Waals surface area contributed by atoms with Crippen LogP contribution in [0.2, 0.25) is 0 Å². The Bertz CT molecular complexity index is 1370. The van der Waals surface area contributed by atoms with Crippen LogP contribution >= 0.6 is 0 Å². The Balaban J connectivity index is 1.67. The van der Waals surface area contributed by atoms with Crippen molar-refractivity contribution in [2.24, 2.45) is 0 Å². The van der Waals surface area contributed by atoms with Gasteiger partial charge >= 0.3 is 0 Å². The van der Waals surface area contributed by atoms with E-state index in [0.29, 0.717) is 11.5 Å². The van der Waals surface area contributed by atoms with Crippen LogP contribution in [0.3, 0.4) is 0 Å². The van der Waals surface area contributed by atoms with Gasteiger partial charge in [-0.15, -0.1) is 0 Å². The van der Waals surface area contributed by atoms with Crippen molar-refractivity contribution in [3.05, 3.63) is 101 Å². The van der Waals surface area contributed by atoms with Crippen LogP contribution in [-0.2, 0) is 12.8 Å². The molecule has 0 radical (unpaired) electrons. The lowest BCUT2D eigenvalue weighted by atomic mass is 9.93. The van der Waals surface area contributed by atoms with Crippen LogP contribution in [0.25, 0.3) is 23.3 Å². The van der Waals surface area contributed by atoms with Gasteiger partial charge in [0.25, 0.3) is 0 Å². The van der Waals surface area contributed by atoms with E-state index in [2.05, 4.69) is 48.6 Å². The zero-order valence-electron chi connectivity index (χ0n) is 20.2.